The molecular weight excluding hydrogens is 303 g/mol. The molecule has 0 N–H and O–H groups in total. The Balaban J connectivity index is 2.36. The first-order valence-electron chi connectivity index (χ1n) is 6.94. The van der Waals surface area contributed by atoms with Crippen molar-refractivity contribution in [3.8, 4) is 0 Å². The summed E-state index contributed by atoms with van der Waals surface area (Å²) in [6, 6.07) is 0. The summed E-state index contributed by atoms with van der Waals surface area (Å²) in [5, 5.41) is 0.751. The van der Waals surface area contributed by atoms with E-state index < -0.39 is 5.69 Å². The van der Waals surface area contributed by atoms with Crippen molar-refractivity contribution in [1.29, 1.82) is 0 Å². The third-order valence-electron chi connectivity index (χ3n) is 2.73. The Morgan fingerprint density at radius 2 is 1.61 bits per heavy atom. The average molecular weight is 329 g/mol. The van der Waals surface area contributed by atoms with E-state index in [2.05, 4.69) is 13.8 Å². The largest absolute Gasteiger partial charge is 0.321 e. The lowest BCUT2D eigenvalue weighted by Crippen LogP contribution is -2.06. The minimum Gasteiger partial charge on any atom is -0.321 e. The highest BCUT2D eigenvalue weighted by Gasteiger charge is 2.24. The molecule has 0 saturated heterocycles. The Hall–Kier alpha value is 1.27. The molecule has 0 amide bonds. The molecule has 0 bridgehead atoms. The van der Waals surface area contributed by atoms with Crippen LogP contribution in [0.2, 0.25) is 0 Å². The number of rotatable bonds is 9. The quantitative estimate of drug-likeness (QED) is 0.393. The van der Waals surface area contributed by atoms with Crippen molar-refractivity contribution < 1.29 is 9.05 Å². The molecular formula is C12H25O2PS3. The van der Waals surface area contributed by atoms with Crippen molar-refractivity contribution in [2.75, 3.05) is 13.2 Å². The van der Waals surface area contributed by atoms with Crippen LogP contribution in [0.3, 0.4) is 0 Å². The minimum absolute atomic E-state index is 0.721. The molecule has 1 rings (SSSR count). The molecule has 18 heavy (non-hydrogen) atoms. The molecule has 0 spiro atoms. The summed E-state index contributed by atoms with van der Waals surface area (Å²) in [5.41, 5.74) is -2.11. The van der Waals surface area contributed by atoms with Crippen LogP contribution in [0.15, 0.2) is 0 Å². The Labute approximate surface area is 125 Å². The third-order valence-corrected chi connectivity index (χ3v) is 11.7. The van der Waals surface area contributed by atoms with Gasteiger partial charge in [0, 0.05) is 5.25 Å². The van der Waals surface area contributed by atoms with Crippen molar-refractivity contribution in [1.82, 2.24) is 0 Å². The lowest BCUT2D eigenvalue weighted by molar-refractivity contribution is 0.260. The van der Waals surface area contributed by atoms with Gasteiger partial charge in [-0.25, -0.2) is 0 Å². The molecule has 1 aliphatic rings. The summed E-state index contributed by atoms with van der Waals surface area (Å²) in [7, 11) is 3.63. The van der Waals surface area contributed by atoms with E-state index in [1.54, 1.807) is 10.4 Å². The second kappa shape index (κ2) is 10.1. The molecule has 1 fully saturated rings. The van der Waals surface area contributed by atoms with Gasteiger partial charge in [0.15, 0.2) is 0 Å². The van der Waals surface area contributed by atoms with E-state index in [1.165, 1.54) is 32.1 Å². The molecule has 0 heterocycles. The van der Waals surface area contributed by atoms with Crippen LogP contribution in [-0.4, -0.2) is 18.5 Å². The summed E-state index contributed by atoms with van der Waals surface area (Å²) in [6.07, 6.45) is 8.79. The highest BCUT2D eigenvalue weighted by molar-refractivity contribution is 9.03. The number of hydrogen-bond acceptors (Lipinski definition) is 5. The summed E-state index contributed by atoms with van der Waals surface area (Å²) < 4.78 is 11.6. The SMILES string of the molecule is CCCOP(=S)(OCCC)SSC1CCCCC1. The molecule has 0 unspecified atom stereocenters. The van der Waals surface area contributed by atoms with E-state index in [0.717, 1.165) is 31.3 Å². The van der Waals surface area contributed by atoms with Gasteiger partial charge in [0.2, 0.25) is 0 Å². The van der Waals surface area contributed by atoms with E-state index >= 15 is 0 Å². The highest BCUT2D eigenvalue weighted by Crippen LogP contribution is 2.67. The first-order chi connectivity index (χ1) is 8.70. The summed E-state index contributed by atoms with van der Waals surface area (Å²) in [6.45, 7) is 5.66. The summed E-state index contributed by atoms with van der Waals surface area (Å²) in [4.78, 5) is 0. The van der Waals surface area contributed by atoms with Crippen molar-refractivity contribution in [3.05, 3.63) is 0 Å². The van der Waals surface area contributed by atoms with E-state index in [9.17, 15) is 0 Å². The topological polar surface area (TPSA) is 18.5 Å². The van der Waals surface area contributed by atoms with Crippen LogP contribution in [0, 0.1) is 0 Å². The van der Waals surface area contributed by atoms with Gasteiger partial charge in [-0.15, -0.1) is 0 Å². The van der Waals surface area contributed by atoms with Crippen molar-refractivity contribution >= 4 is 38.7 Å². The molecule has 0 radical (unpaired) electrons. The molecule has 0 aromatic carbocycles. The van der Waals surface area contributed by atoms with E-state index in [-0.39, 0.29) is 0 Å². The first kappa shape index (κ1) is 17.3. The lowest BCUT2D eigenvalue weighted by Gasteiger charge is -2.25. The zero-order chi connectivity index (χ0) is 13.3. The second-order valence-corrected chi connectivity index (χ2v) is 12.9. The maximum atomic E-state index is 5.82. The maximum absolute atomic E-state index is 5.82. The van der Waals surface area contributed by atoms with Gasteiger partial charge >= 0.3 is 0 Å². The van der Waals surface area contributed by atoms with Crippen LogP contribution in [0.5, 0.6) is 0 Å². The molecule has 108 valence electrons. The van der Waals surface area contributed by atoms with Crippen LogP contribution < -0.4 is 0 Å². The predicted octanol–water partition coefficient (Wildman–Crippen LogP) is 5.78. The van der Waals surface area contributed by atoms with E-state index in [0.29, 0.717) is 0 Å². The molecule has 6 heteroatoms. The molecule has 2 nitrogen and oxygen atoms in total. The highest BCUT2D eigenvalue weighted by atomic mass is 33.4. The van der Waals surface area contributed by atoms with Crippen LogP contribution in [0.4, 0.5) is 0 Å². The zero-order valence-corrected chi connectivity index (χ0v) is 14.8. The number of hydrogen-bond donors (Lipinski definition) is 0. The van der Waals surface area contributed by atoms with Crippen LogP contribution in [0.1, 0.15) is 58.8 Å². The maximum Gasteiger partial charge on any atom is 0.257 e. The molecule has 0 atom stereocenters. The fourth-order valence-electron chi connectivity index (χ4n) is 1.76. The third kappa shape index (κ3) is 7.16. The molecule has 1 saturated carbocycles. The summed E-state index contributed by atoms with van der Waals surface area (Å²) in [5.74, 6) is 0. The Morgan fingerprint density at radius 1 is 1.06 bits per heavy atom. The van der Waals surface area contributed by atoms with E-state index in [1.807, 2.05) is 10.8 Å². The fourth-order valence-corrected chi connectivity index (χ4v) is 9.67. The van der Waals surface area contributed by atoms with Gasteiger partial charge < -0.3 is 9.05 Å². The van der Waals surface area contributed by atoms with Crippen molar-refractivity contribution in [2.45, 2.75) is 64.0 Å². The lowest BCUT2D eigenvalue weighted by atomic mass is 10.0. The average Bonchev–Trinajstić information content (AvgIpc) is 2.42. The molecule has 0 aromatic rings. The smallest absolute Gasteiger partial charge is 0.257 e. The van der Waals surface area contributed by atoms with Crippen molar-refractivity contribution in [3.63, 3.8) is 0 Å². The van der Waals surface area contributed by atoms with Gasteiger partial charge in [0.25, 0.3) is 5.69 Å². The zero-order valence-electron chi connectivity index (χ0n) is 11.4. The summed E-state index contributed by atoms with van der Waals surface area (Å²) >= 11 is 5.61. The van der Waals surface area contributed by atoms with Gasteiger partial charge in [0.1, 0.15) is 0 Å². The standard InChI is InChI=1S/C12H25O2PS3/c1-3-10-13-15(16,14-11-4-2)18-17-12-8-6-5-7-9-12/h12H,3-11H2,1-2H3. The second-order valence-electron chi connectivity index (χ2n) is 4.54. The van der Waals surface area contributed by atoms with Crippen LogP contribution >= 0.6 is 26.9 Å². The normalized spacial score (nSPS) is 18.1. The van der Waals surface area contributed by atoms with Gasteiger partial charge in [-0.1, -0.05) is 43.9 Å². The Kier molecular flexibility index (Phi) is 9.68. The Morgan fingerprint density at radius 3 is 2.11 bits per heavy atom. The molecule has 0 aromatic heterocycles. The Bertz CT molecular complexity index is 246. The molecule has 1 aliphatic carbocycles. The van der Waals surface area contributed by atoms with Gasteiger partial charge in [0.05, 0.1) is 13.2 Å². The van der Waals surface area contributed by atoms with E-state index in [4.69, 9.17) is 20.9 Å². The van der Waals surface area contributed by atoms with Gasteiger partial charge in [-0.2, -0.15) is 0 Å². The van der Waals surface area contributed by atoms with Gasteiger partial charge in [-0.3, -0.25) is 0 Å². The minimum atomic E-state index is -2.11. The molecule has 0 aliphatic heterocycles. The van der Waals surface area contributed by atoms with Crippen LogP contribution in [0.25, 0.3) is 0 Å². The van der Waals surface area contributed by atoms with Crippen LogP contribution in [-0.2, 0) is 20.9 Å². The fraction of sp³-hybridized carbons (Fsp3) is 1.00. The monoisotopic (exact) mass is 328 g/mol. The predicted molar refractivity (Wildman–Crippen MR) is 88.8 cm³/mol. The first-order valence-corrected chi connectivity index (χ1v) is 12.4. The van der Waals surface area contributed by atoms with Crippen molar-refractivity contribution in [2.24, 2.45) is 0 Å². The van der Waals surface area contributed by atoms with Gasteiger partial charge in [-0.05, 0) is 47.9 Å².